The van der Waals surface area contributed by atoms with Crippen LogP contribution in [0.5, 0.6) is 5.75 Å². The fraction of sp³-hybridized carbons (Fsp3) is 0.217. The molecule has 0 saturated carbocycles. The normalized spacial score (nSPS) is 12.1. The molecule has 0 aliphatic heterocycles. The van der Waals surface area contributed by atoms with E-state index >= 15 is 0 Å². The number of fused-ring (bicyclic) bond motifs is 1. The van der Waals surface area contributed by atoms with Crippen molar-refractivity contribution in [3.8, 4) is 5.75 Å². The van der Waals surface area contributed by atoms with Crippen molar-refractivity contribution in [3.63, 3.8) is 0 Å². The number of aromatic nitrogens is 2. The van der Waals surface area contributed by atoms with Gasteiger partial charge in [-0.2, -0.15) is 0 Å². The van der Waals surface area contributed by atoms with E-state index in [-0.39, 0.29) is 17.7 Å². The molecule has 0 aliphatic rings. The highest BCUT2D eigenvalue weighted by Gasteiger charge is 2.20. The van der Waals surface area contributed by atoms with Gasteiger partial charge in [-0.15, -0.1) is 0 Å². The summed E-state index contributed by atoms with van der Waals surface area (Å²) in [6.45, 7) is 3.19. The molecule has 6 nitrogen and oxygen atoms in total. The standard InChI is InChI=1S/C23H22ClN3O3/c1-16(25-23(28)21-8-4-14-30-21)22-26-19-6-2-3-7-20(19)27(22)13-5-15-29-18-11-9-17(24)10-12-18/h2-4,6-12,14,16H,5,13,15H2,1H3,(H,25,28)/t16-/m0/s1. The number of nitrogens with zero attached hydrogens (tertiary/aromatic N) is 2. The number of carbonyl (C=O) groups is 1. The zero-order chi connectivity index (χ0) is 20.9. The number of ether oxygens (including phenoxy) is 1. The molecule has 0 unspecified atom stereocenters. The molecular formula is C23H22ClN3O3. The van der Waals surface area contributed by atoms with Crippen molar-refractivity contribution in [1.29, 1.82) is 0 Å². The SMILES string of the molecule is C[C@H](NC(=O)c1ccco1)c1nc2ccccc2n1CCCOc1ccc(Cl)cc1. The Kier molecular flexibility index (Phi) is 6.05. The Hall–Kier alpha value is -3.25. The van der Waals surface area contributed by atoms with Gasteiger partial charge in [-0.3, -0.25) is 4.79 Å². The Morgan fingerprint density at radius 2 is 1.97 bits per heavy atom. The molecule has 0 radical (unpaired) electrons. The van der Waals surface area contributed by atoms with Crippen LogP contribution in [0.1, 0.15) is 35.8 Å². The van der Waals surface area contributed by atoms with Crippen LogP contribution in [0.3, 0.4) is 0 Å². The van der Waals surface area contributed by atoms with Crippen molar-refractivity contribution in [1.82, 2.24) is 14.9 Å². The molecule has 1 N–H and O–H groups in total. The van der Waals surface area contributed by atoms with Gasteiger partial charge in [0, 0.05) is 11.6 Å². The van der Waals surface area contributed by atoms with Gasteiger partial charge in [0.2, 0.25) is 0 Å². The minimum absolute atomic E-state index is 0.267. The summed E-state index contributed by atoms with van der Waals surface area (Å²) in [5.74, 6) is 1.59. The first-order chi connectivity index (χ1) is 14.6. The molecule has 1 atom stereocenters. The van der Waals surface area contributed by atoms with Crippen LogP contribution in [0.4, 0.5) is 0 Å². The molecule has 1 amide bonds. The second kappa shape index (κ2) is 9.05. The van der Waals surface area contributed by atoms with E-state index in [1.807, 2.05) is 55.5 Å². The minimum atomic E-state index is -0.285. The Balaban J connectivity index is 1.47. The van der Waals surface area contributed by atoms with E-state index in [0.29, 0.717) is 18.2 Å². The topological polar surface area (TPSA) is 69.3 Å². The number of imidazole rings is 1. The van der Waals surface area contributed by atoms with E-state index in [1.54, 1.807) is 12.1 Å². The summed E-state index contributed by atoms with van der Waals surface area (Å²) in [5, 5.41) is 3.64. The quantitative estimate of drug-likeness (QED) is 0.393. The number of para-hydroxylation sites is 2. The molecular weight excluding hydrogens is 402 g/mol. The molecule has 2 heterocycles. The average molecular weight is 424 g/mol. The number of amides is 1. The van der Waals surface area contributed by atoms with Gasteiger partial charge in [-0.25, -0.2) is 4.98 Å². The monoisotopic (exact) mass is 423 g/mol. The average Bonchev–Trinajstić information content (AvgIpc) is 3.41. The first kappa shape index (κ1) is 20.0. The Morgan fingerprint density at radius 3 is 2.73 bits per heavy atom. The largest absolute Gasteiger partial charge is 0.494 e. The molecule has 4 rings (SSSR count). The van der Waals surface area contributed by atoms with Crippen LogP contribution < -0.4 is 10.1 Å². The molecule has 154 valence electrons. The summed E-state index contributed by atoms with van der Waals surface area (Å²) in [5.41, 5.74) is 1.92. The fourth-order valence-electron chi connectivity index (χ4n) is 3.34. The third kappa shape index (κ3) is 4.49. The molecule has 0 fully saturated rings. The lowest BCUT2D eigenvalue weighted by Crippen LogP contribution is -2.28. The molecule has 2 aromatic carbocycles. The second-order valence-corrected chi connectivity index (χ2v) is 7.38. The van der Waals surface area contributed by atoms with E-state index in [1.165, 1.54) is 6.26 Å². The summed E-state index contributed by atoms with van der Waals surface area (Å²) in [4.78, 5) is 17.1. The van der Waals surface area contributed by atoms with E-state index in [2.05, 4.69) is 9.88 Å². The maximum atomic E-state index is 12.4. The predicted molar refractivity (Wildman–Crippen MR) is 116 cm³/mol. The summed E-state index contributed by atoms with van der Waals surface area (Å²) >= 11 is 5.91. The number of nitrogens with one attached hydrogen (secondary N) is 1. The fourth-order valence-corrected chi connectivity index (χ4v) is 3.47. The molecule has 0 aliphatic carbocycles. The third-order valence-corrected chi connectivity index (χ3v) is 5.02. The zero-order valence-electron chi connectivity index (χ0n) is 16.5. The van der Waals surface area contributed by atoms with Crippen molar-refractivity contribution in [3.05, 3.63) is 83.5 Å². The highest BCUT2D eigenvalue weighted by Crippen LogP contribution is 2.22. The van der Waals surface area contributed by atoms with Gasteiger partial charge in [0.05, 0.1) is 29.9 Å². The molecule has 0 saturated heterocycles. The Morgan fingerprint density at radius 1 is 1.17 bits per heavy atom. The lowest BCUT2D eigenvalue weighted by Gasteiger charge is -2.16. The Labute approximate surface area is 179 Å². The summed E-state index contributed by atoms with van der Waals surface area (Å²) in [6, 6.07) is 18.3. The maximum Gasteiger partial charge on any atom is 0.287 e. The lowest BCUT2D eigenvalue weighted by atomic mass is 10.2. The smallest absolute Gasteiger partial charge is 0.287 e. The van der Waals surface area contributed by atoms with Crippen molar-refractivity contribution < 1.29 is 13.9 Å². The van der Waals surface area contributed by atoms with Crippen LogP contribution in [-0.2, 0) is 6.54 Å². The first-order valence-electron chi connectivity index (χ1n) is 9.80. The Bertz CT molecular complexity index is 1120. The first-order valence-corrected chi connectivity index (χ1v) is 10.2. The van der Waals surface area contributed by atoms with E-state index in [0.717, 1.165) is 29.0 Å². The van der Waals surface area contributed by atoms with E-state index < -0.39 is 0 Å². The van der Waals surface area contributed by atoms with Gasteiger partial charge in [-0.05, 0) is 61.9 Å². The number of aryl methyl sites for hydroxylation is 1. The molecule has 7 heteroatoms. The number of halogens is 1. The molecule has 30 heavy (non-hydrogen) atoms. The van der Waals surface area contributed by atoms with E-state index in [9.17, 15) is 4.79 Å². The number of furan rings is 1. The highest BCUT2D eigenvalue weighted by molar-refractivity contribution is 6.30. The minimum Gasteiger partial charge on any atom is -0.494 e. The van der Waals surface area contributed by atoms with Crippen molar-refractivity contribution in [2.45, 2.75) is 25.9 Å². The summed E-state index contributed by atoms with van der Waals surface area (Å²) < 4.78 is 13.1. The van der Waals surface area contributed by atoms with Crippen LogP contribution in [0.2, 0.25) is 5.02 Å². The van der Waals surface area contributed by atoms with Crippen LogP contribution in [0.15, 0.2) is 71.3 Å². The second-order valence-electron chi connectivity index (χ2n) is 6.94. The summed E-state index contributed by atoms with van der Waals surface area (Å²) in [7, 11) is 0. The highest BCUT2D eigenvalue weighted by atomic mass is 35.5. The van der Waals surface area contributed by atoms with Gasteiger partial charge < -0.3 is 19.0 Å². The molecule has 2 aromatic heterocycles. The van der Waals surface area contributed by atoms with Gasteiger partial charge in [0.1, 0.15) is 11.6 Å². The van der Waals surface area contributed by atoms with Gasteiger partial charge >= 0.3 is 0 Å². The van der Waals surface area contributed by atoms with Crippen molar-refractivity contribution in [2.75, 3.05) is 6.61 Å². The number of rotatable bonds is 8. The lowest BCUT2D eigenvalue weighted by molar-refractivity contribution is 0.0909. The van der Waals surface area contributed by atoms with Crippen molar-refractivity contribution >= 4 is 28.5 Å². The number of carbonyl (C=O) groups excluding carboxylic acids is 1. The number of hydrogen-bond acceptors (Lipinski definition) is 4. The van der Waals surface area contributed by atoms with Gasteiger partial charge in [-0.1, -0.05) is 23.7 Å². The predicted octanol–water partition coefficient (Wildman–Crippen LogP) is 5.24. The summed E-state index contributed by atoms with van der Waals surface area (Å²) in [6.07, 6.45) is 2.27. The van der Waals surface area contributed by atoms with Gasteiger partial charge in [0.25, 0.3) is 5.91 Å². The maximum absolute atomic E-state index is 12.4. The van der Waals surface area contributed by atoms with Crippen LogP contribution in [0, 0.1) is 0 Å². The number of hydrogen-bond donors (Lipinski definition) is 1. The zero-order valence-corrected chi connectivity index (χ0v) is 17.3. The molecule has 4 aromatic rings. The van der Waals surface area contributed by atoms with E-state index in [4.69, 9.17) is 25.7 Å². The van der Waals surface area contributed by atoms with Crippen LogP contribution in [0.25, 0.3) is 11.0 Å². The van der Waals surface area contributed by atoms with Crippen LogP contribution in [-0.4, -0.2) is 22.1 Å². The van der Waals surface area contributed by atoms with Crippen molar-refractivity contribution in [2.24, 2.45) is 0 Å². The molecule has 0 bridgehead atoms. The third-order valence-electron chi connectivity index (χ3n) is 4.77. The number of benzene rings is 2. The molecule has 0 spiro atoms. The van der Waals surface area contributed by atoms with Crippen LogP contribution >= 0.6 is 11.6 Å². The van der Waals surface area contributed by atoms with Gasteiger partial charge in [0.15, 0.2) is 5.76 Å².